The molecule has 1 aromatic heterocycles. The summed E-state index contributed by atoms with van der Waals surface area (Å²) in [5.74, 6) is 2.73. The van der Waals surface area contributed by atoms with Crippen molar-refractivity contribution in [1.29, 1.82) is 0 Å². The molecule has 5 nitrogen and oxygen atoms in total. The summed E-state index contributed by atoms with van der Waals surface area (Å²) in [4.78, 5) is 7.19. The fraction of sp³-hybridized carbons (Fsp3) is 0.409. The molecule has 2 heterocycles. The Labute approximate surface area is 159 Å². The SMILES string of the molecule is COc1ccc(-c2nc(CN3CCC[C@H](CO)C3)c(C)o2)c2ccccc12. The molecule has 27 heavy (non-hydrogen) atoms. The van der Waals surface area contributed by atoms with Crippen LogP contribution in [-0.2, 0) is 6.54 Å². The molecule has 1 aliphatic rings. The van der Waals surface area contributed by atoms with E-state index in [1.165, 1.54) is 0 Å². The van der Waals surface area contributed by atoms with Crippen molar-refractivity contribution in [2.24, 2.45) is 5.92 Å². The van der Waals surface area contributed by atoms with Gasteiger partial charge in [-0.15, -0.1) is 0 Å². The van der Waals surface area contributed by atoms with Gasteiger partial charge in [0.05, 0.1) is 12.8 Å². The molecule has 0 radical (unpaired) electrons. The lowest BCUT2D eigenvalue weighted by Crippen LogP contribution is -2.36. The van der Waals surface area contributed by atoms with Crippen LogP contribution in [0.3, 0.4) is 0 Å². The topological polar surface area (TPSA) is 58.7 Å². The van der Waals surface area contributed by atoms with Crippen LogP contribution < -0.4 is 4.74 Å². The Balaban J connectivity index is 1.65. The highest BCUT2D eigenvalue weighted by Gasteiger charge is 2.22. The largest absolute Gasteiger partial charge is 0.496 e. The zero-order valence-electron chi connectivity index (χ0n) is 15.9. The molecule has 1 fully saturated rings. The summed E-state index contributed by atoms with van der Waals surface area (Å²) in [6, 6.07) is 12.1. The molecule has 0 amide bonds. The maximum Gasteiger partial charge on any atom is 0.227 e. The van der Waals surface area contributed by atoms with Crippen LogP contribution >= 0.6 is 0 Å². The van der Waals surface area contributed by atoms with Crippen LogP contribution in [0, 0.1) is 12.8 Å². The van der Waals surface area contributed by atoms with Crippen molar-refractivity contribution in [3.8, 4) is 17.2 Å². The highest BCUT2D eigenvalue weighted by atomic mass is 16.5. The molecule has 0 bridgehead atoms. The summed E-state index contributed by atoms with van der Waals surface area (Å²) in [6.45, 7) is 4.97. The second-order valence-electron chi connectivity index (χ2n) is 7.31. The predicted octanol–water partition coefficient (Wildman–Crippen LogP) is 4.02. The summed E-state index contributed by atoms with van der Waals surface area (Å²) in [5.41, 5.74) is 1.95. The van der Waals surface area contributed by atoms with Crippen molar-refractivity contribution < 1.29 is 14.3 Å². The Hall–Kier alpha value is -2.37. The van der Waals surface area contributed by atoms with Crippen molar-refractivity contribution in [2.45, 2.75) is 26.3 Å². The standard InChI is InChI=1S/C22H26N2O3/c1-15-20(13-24-11-5-6-16(12-24)14-25)23-22(27-15)19-9-10-21(26-2)18-8-4-3-7-17(18)19/h3-4,7-10,16,25H,5-6,11-14H2,1-2H3/t16-/m0/s1. The maximum atomic E-state index is 9.45. The lowest BCUT2D eigenvalue weighted by molar-refractivity contribution is 0.115. The molecular formula is C22H26N2O3. The van der Waals surface area contributed by atoms with Crippen LogP contribution in [0.5, 0.6) is 5.75 Å². The third-order valence-corrected chi connectivity index (χ3v) is 5.46. The van der Waals surface area contributed by atoms with Crippen LogP contribution in [-0.4, -0.2) is 41.8 Å². The second-order valence-corrected chi connectivity index (χ2v) is 7.31. The number of benzene rings is 2. The monoisotopic (exact) mass is 366 g/mol. The van der Waals surface area contributed by atoms with Crippen LogP contribution in [0.25, 0.3) is 22.2 Å². The number of methoxy groups -OCH3 is 1. The molecule has 1 N–H and O–H groups in total. The molecular weight excluding hydrogens is 340 g/mol. The molecule has 0 saturated carbocycles. The normalized spacial score (nSPS) is 18.1. The minimum Gasteiger partial charge on any atom is -0.496 e. The molecule has 1 atom stereocenters. The Kier molecular flexibility index (Phi) is 5.14. The van der Waals surface area contributed by atoms with E-state index >= 15 is 0 Å². The van der Waals surface area contributed by atoms with E-state index in [-0.39, 0.29) is 6.61 Å². The molecule has 0 spiro atoms. The van der Waals surface area contributed by atoms with Crippen molar-refractivity contribution in [3.63, 3.8) is 0 Å². The third-order valence-electron chi connectivity index (χ3n) is 5.46. The molecule has 0 aliphatic carbocycles. The minimum atomic E-state index is 0.261. The Morgan fingerprint density at radius 3 is 2.81 bits per heavy atom. The zero-order valence-corrected chi connectivity index (χ0v) is 15.9. The Morgan fingerprint density at radius 1 is 1.22 bits per heavy atom. The van der Waals surface area contributed by atoms with Crippen molar-refractivity contribution in [2.75, 3.05) is 26.8 Å². The van der Waals surface area contributed by atoms with E-state index < -0.39 is 0 Å². The molecule has 1 aliphatic heterocycles. The van der Waals surface area contributed by atoms with Crippen molar-refractivity contribution >= 4 is 10.8 Å². The van der Waals surface area contributed by atoms with Gasteiger partial charge in [0.2, 0.25) is 5.89 Å². The van der Waals surface area contributed by atoms with Crippen LogP contribution in [0.15, 0.2) is 40.8 Å². The summed E-state index contributed by atoms with van der Waals surface area (Å²) in [7, 11) is 1.69. The minimum absolute atomic E-state index is 0.261. The zero-order chi connectivity index (χ0) is 18.8. The number of hydrogen-bond donors (Lipinski definition) is 1. The van der Waals surface area contributed by atoms with Crippen molar-refractivity contribution in [3.05, 3.63) is 47.9 Å². The van der Waals surface area contributed by atoms with E-state index in [1.807, 2.05) is 31.2 Å². The fourth-order valence-electron chi connectivity index (χ4n) is 3.98. The lowest BCUT2D eigenvalue weighted by atomic mass is 9.99. The van der Waals surface area contributed by atoms with Crippen LogP contribution in [0.1, 0.15) is 24.3 Å². The first-order valence-corrected chi connectivity index (χ1v) is 9.55. The number of piperidine rings is 1. The number of fused-ring (bicyclic) bond motifs is 1. The fourth-order valence-corrected chi connectivity index (χ4v) is 3.98. The molecule has 2 aromatic carbocycles. The van der Waals surface area contributed by atoms with Crippen LogP contribution in [0.4, 0.5) is 0 Å². The number of aliphatic hydroxyl groups excluding tert-OH is 1. The van der Waals surface area contributed by atoms with Gasteiger partial charge in [-0.1, -0.05) is 24.3 Å². The molecule has 4 rings (SSSR count). The van der Waals surface area contributed by atoms with Gasteiger partial charge < -0.3 is 14.3 Å². The van der Waals surface area contributed by atoms with E-state index in [4.69, 9.17) is 14.1 Å². The highest BCUT2D eigenvalue weighted by Crippen LogP contribution is 2.35. The number of hydrogen-bond acceptors (Lipinski definition) is 5. The number of oxazole rings is 1. The third kappa shape index (κ3) is 3.57. The summed E-state index contributed by atoms with van der Waals surface area (Å²) in [6.07, 6.45) is 2.23. The highest BCUT2D eigenvalue weighted by molar-refractivity contribution is 5.98. The number of ether oxygens (including phenoxy) is 1. The smallest absolute Gasteiger partial charge is 0.227 e. The summed E-state index contributed by atoms with van der Waals surface area (Å²) in [5, 5.41) is 11.6. The van der Waals surface area contributed by atoms with Gasteiger partial charge in [0.15, 0.2) is 0 Å². The summed E-state index contributed by atoms with van der Waals surface area (Å²) >= 11 is 0. The summed E-state index contributed by atoms with van der Waals surface area (Å²) < 4.78 is 11.5. The van der Waals surface area contributed by atoms with Gasteiger partial charge in [-0.25, -0.2) is 4.98 Å². The average Bonchev–Trinajstić information content (AvgIpc) is 3.07. The van der Waals surface area contributed by atoms with Gasteiger partial charge in [0, 0.05) is 30.6 Å². The first-order chi connectivity index (χ1) is 13.2. The van der Waals surface area contributed by atoms with Gasteiger partial charge in [-0.3, -0.25) is 4.90 Å². The molecule has 3 aromatic rings. The number of likely N-dealkylation sites (tertiary alicyclic amines) is 1. The molecule has 142 valence electrons. The molecule has 5 heteroatoms. The van der Waals surface area contributed by atoms with Gasteiger partial charge >= 0.3 is 0 Å². The maximum absolute atomic E-state index is 9.45. The number of aliphatic hydroxyl groups is 1. The second kappa shape index (κ2) is 7.71. The van der Waals surface area contributed by atoms with Gasteiger partial charge in [0.1, 0.15) is 11.5 Å². The number of rotatable bonds is 5. The van der Waals surface area contributed by atoms with E-state index in [0.29, 0.717) is 11.8 Å². The Morgan fingerprint density at radius 2 is 2.04 bits per heavy atom. The first-order valence-electron chi connectivity index (χ1n) is 9.55. The van der Waals surface area contributed by atoms with E-state index in [1.54, 1.807) is 7.11 Å². The van der Waals surface area contributed by atoms with Gasteiger partial charge in [-0.2, -0.15) is 0 Å². The number of nitrogens with zero attached hydrogens (tertiary/aromatic N) is 2. The lowest BCUT2D eigenvalue weighted by Gasteiger charge is -2.31. The molecule has 1 saturated heterocycles. The van der Waals surface area contributed by atoms with Crippen molar-refractivity contribution in [1.82, 2.24) is 9.88 Å². The van der Waals surface area contributed by atoms with E-state index in [9.17, 15) is 5.11 Å². The number of aryl methyl sites for hydroxylation is 1. The van der Waals surface area contributed by atoms with E-state index in [0.717, 1.165) is 66.0 Å². The van der Waals surface area contributed by atoms with E-state index in [2.05, 4.69) is 17.0 Å². The van der Waals surface area contributed by atoms with Crippen LogP contribution in [0.2, 0.25) is 0 Å². The first kappa shape index (κ1) is 18.0. The predicted molar refractivity (Wildman–Crippen MR) is 106 cm³/mol. The Bertz CT molecular complexity index is 934. The van der Waals surface area contributed by atoms with Gasteiger partial charge in [0.25, 0.3) is 0 Å². The number of aromatic nitrogens is 1. The quantitative estimate of drug-likeness (QED) is 0.739. The molecule has 0 unspecified atom stereocenters. The average molecular weight is 366 g/mol. The van der Waals surface area contributed by atoms with Gasteiger partial charge in [-0.05, 0) is 49.7 Å².